The summed E-state index contributed by atoms with van der Waals surface area (Å²) in [5, 5.41) is 13.4. The van der Waals surface area contributed by atoms with Gasteiger partial charge < -0.3 is 10.4 Å². The van der Waals surface area contributed by atoms with E-state index >= 15 is 0 Å². The Labute approximate surface area is 114 Å². The lowest BCUT2D eigenvalue weighted by Gasteiger charge is -2.28. The van der Waals surface area contributed by atoms with Crippen molar-refractivity contribution in [1.82, 2.24) is 5.32 Å². The second kappa shape index (κ2) is 10.8. The van der Waals surface area contributed by atoms with Gasteiger partial charge in [-0.2, -0.15) is 0 Å². The summed E-state index contributed by atoms with van der Waals surface area (Å²) in [4.78, 5) is 0. The Bertz CT molecular complexity index is 184. The van der Waals surface area contributed by atoms with Crippen LogP contribution in [0.15, 0.2) is 0 Å². The molecule has 108 valence electrons. The molecule has 2 atom stereocenters. The Morgan fingerprint density at radius 2 is 1.50 bits per heavy atom. The summed E-state index contributed by atoms with van der Waals surface area (Å²) in [6.07, 6.45) is 15.6. The molecule has 0 aromatic heterocycles. The van der Waals surface area contributed by atoms with E-state index in [-0.39, 0.29) is 6.10 Å². The highest BCUT2D eigenvalue weighted by molar-refractivity contribution is 4.79. The van der Waals surface area contributed by atoms with Crippen molar-refractivity contribution >= 4 is 0 Å². The monoisotopic (exact) mass is 255 g/mol. The Balaban J connectivity index is 1.83. The Morgan fingerprint density at radius 3 is 2.17 bits per heavy atom. The second-order valence-electron chi connectivity index (χ2n) is 5.89. The Hall–Kier alpha value is -0.0800. The minimum atomic E-state index is -0.0900. The zero-order chi connectivity index (χ0) is 13.1. The molecule has 1 fully saturated rings. The van der Waals surface area contributed by atoms with E-state index in [1.54, 1.807) is 0 Å². The van der Waals surface area contributed by atoms with Crippen LogP contribution in [0.5, 0.6) is 0 Å². The maximum absolute atomic E-state index is 9.83. The first kappa shape index (κ1) is 16.0. The smallest absolute Gasteiger partial charge is 0.0693 e. The average Bonchev–Trinajstić information content (AvgIpc) is 2.39. The molecule has 1 rings (SSSR count). The van der Waals surface area contributed by atoms with Crippen LogP contribution in [0, 0.1) is 0 Å². The van der Waals surface area contributed by atoms with E-state index in [1.165, 1.54) is 64.2 Å². The first-order chi connectivity index (χ1) is 8.84. The summed E-state index contributed by atoms with van der Waals surface area (Å²) in [7, 11) is 0. The van der Waals surface area contributed by atoms with Crippen molar-refractivity contribution in [2.24, 2.45) is 0 Å². The lowest BCUT2D eigenvalue weighted by Crippen LogP contribution is -2.42. The molecule has 0 aromatic rings. The first-order valence-corrected chi connectivity index (χ1v) is 8.26. The minimum Gasteiger partial charge on any atom is -0.392 e. The highest BCUT2D eigenvalue weighted by Gasteiger charge is 2.21. The summed E-state index contributed by atoms with van der Waals surface area (Å²) in [6.45, 7) is 3.36. The molecule has 0 radical (unpaired) electrons. The number of hydrogen-bond acceptors (Lipinski definition) is 2. The third-order valence-electron chi connectivity index (χ3n) is 4.17. The molecule has 0 aliphatic heterocycles. The van der Waals surface area contributed by atoms with Crippen molar-refractivity contribution < 1.29 is 5.11 Å². The van der Waals surface area contributed by atoms with E-state index < -0.39 is 0 Å². The van der Waals surface area contributed by atoms with Crippen LogP contribution in [0.25, 0.3) is 0 Å². The topological polar surface area (TPSA) is 32.3 Å². The predicted molar refractivity (Wildman–Crippen MR) is 78.9 cm³/mol. The number of aliphatic hydroxyl groups excluding tert-OH is 1. The Morgan fingerprint density at radius 1 is 0.889 bits per heavy atom. The van der Waals surface area contributed by atoms with Gasteiger partial charge in [-0.15, -0.1) is 0 Å². The van der Waals surface area contributed by atoms with Crippen LogP contribution in [0.4, 0.5) is 0 Å². The van der Waals surface area contributed by atoms with Crippen molar-refractivity contribution in [1.29, 1.82) is 0 Å². The number of rotatable bonds is 10. The molecule has 0 spiro atoms. The number of unbranched alkanes of at least 4 members (excludes halogenated alkanes) is 7. The molecule has 0 bridgehead atoms. The summed E-state index contributed by atoms with van der Waals surface area (Å²) >= 11 is 0. The lowest BCUT2D eigenvalue weighted by molar-refractivity contribution is 0.0909. The standard InChI is InChI=1S/C16H33NO/c1-2-3-4-5-6-7-8-11-14-17-15-12-9-10-13-16(15)18/h15-18H,2-14H2,1H3. The quantitative estimate of drug-likeness (QED) is 0.578. The molecule has 2 heteroatoms. The zero-order valence-corrected chi connectivity index (χ0v) is 12.3. The number of aliphatic hydroxyl groups is 1. The van der Waals surface area contributed by atoms with E-state index in [0.29, 0.717) is 6.04 Å². The molecule has 0 amide bonds. The van der Waals surface area contributed by atoms with E-state index in [1.807, 2.05) is 0 Å². The highest BCUT2D eigenvalue weighted by Crippen LogP contribution is 2.18. The van der Waals surface area contributed by atoms with Crippen LogP contribution in [-0.4, -0.2) is 23.8 Å². The zero-order valence-electron chi connectivity index (χ0n) is 12.3. The molecule has 1 aliphatic rings. The molecule has 2 nitrogen and oxygen atoms in total. The number of hydrogen-bond donors (Lipinski definition) is 2. The maximum Gasteiger partial charge on any atom is 0.0693 e. The SMILES string of the molecule is CCCCCCCCCCNC1CCCCC1O. The fourth-order valence-corrected chi connectivity index (χ4v) is 2.90. The molecule has 1 aliphatic carbocycles. The molecule has 0 saturated heterocycles. The van der Waals surface area contributed by atoms with Crippen molar-refractivity contribution in [3.63, 3.8) is 0 Å². The Kier molecular flexibility index (Phi) is 9.59. The van der Waals surface area contributed by atoms with Crippen LogP contribution >= 0.6 is 0 Å². The van der Waals surface area contributed by atoms with Crippen LogP contribution in [0.1, 0.15) is 84.0 Å². The lowest BCUT2D eigenvalue weighted by atomic mass is 9.92. The third-order valence-corrected chi connectivity index (χ3v) is 4.17. The van der Waals surface area contributed by atoms with Crippen LogP contribution in [-0.2, 0) is 0 Å². The maximum atomic E-state index is 9.83. The van der Waals surface area contributed by atoms with Crippen LogP contribution < -0.4 is 5.32 Å². The van der Waals surface area contributed by atoms with Gasteiger partial charge in [0.2, 0.25) is 0 Å². The fourth-order valence-electron chi connectivity index (χ4n) is 2.90. The van der Waals surface area contributed by atoms with Crippen molar-refractivity contribution in [3.05, 3.63) is 0 Å². The second-order valence-corrected chi connectivity index (χ2v) is 5.89. The molecule has 0 heterocycles. The molecule has 2 N–H and O–H groups in total. The van der Waals surface area contributed by atoms with E-state index in [4.69, 9.17) is 0 Å². The van der Waals surface area contributed by atoms with Crippen LogP contribution in [0.2, 0.25) is 0 Å². The predicted octanol–water partition coefficient (Wildman–Crippen LogP) is 4.02. The van der Waals surface area contributed by atoms with E-state index in [0.717, 1.165) is 19.4 Å². The minimum absolute atomic E-state index is 0.0900. The van der Waals surface area contributed by atoms with Gasteiger partial charge >= 0.3 is 0 Å². The number of nitrogens with one attached hydrogen (secondary N) is 1. The molecule has 2 unspecified atom stereocenters. The van der Waals surface area contributed by atoms with Crippen molar-refractivity contribution in [2.75, 3.05) is 6.54 Å². The summed E-state index contributed by atoms with van der Waals surface area (Å²) in [5.41, 5.74) is 0. The van der Waals surface area contributed by atoms with Crippen molar-refractivity contribution in [2.45, 2.75) is 96.1 Å². The average molecular weight is 255 g/mol. The molecular weight excluding hydrogens is 222 g/mol. The van der Waals surface area contributed by atoms with Gasteiger partial charge in [-0.3, -0.25) is 0 Å². The van der Waals surface area contributed by atoms with Gasteiger partial charge in [-0.05, 0) is 25.8 Å². The molecular formula is C16H33NO. The van der Waals surface area contributed by atoms with Gasteiger partial charge in [0.25, 0.3) is 0 Å². The van der Waals surface area contributed by atoms with E-state index in [9.17, 15) is 5.11 Å². The molecule has 0 aromatic carbocycles. The molecule has 1 saturated carbocycles. The van der Waals surface area contributed by atoms with Gasteiger partial charge in [0, 0.05) is 6.04 Å². The fraction of sp³-hybridized carbons (Fsp3) is 1.00. The van der Waals surface area contributed by atoms with Crippen LogP contribution in [0.3, 0.4) is 0 Å². The largest absolute Gasteiger partial charge is 0.392 e. The van der Waals surface area contributed by atoms with Gasteiger partial charge in [0.15, 0.2) is 0 Å². The molecule has 18 heavy (non-hydrogen) atoms. The third kappa shape index (κ3) is 7.38. The summed E-state index contributed by atoms with van der Waals surface area (Å²) in [5.74, 6) is 0. The summed E-state index contributed by atoms with van der Waals surface area (Å²) in [6, 6.07) is 0.378. The highest BCUT2D eigenvalue weighted by atomic mass is 16.3. The van der Waals surface area contributed by atoms with Crippen molar-refractivity contribution in [3.8, 4) is 0 Å². The van der Waals surface area contributed by atoms with E-state index in [2.05, 4.69) is 12.2 Å². The first-order valence-electron chi connectivity index (χ1n) is 8.26. The van der Waals surface area contributed by atoms with Gasteiger partial charge in [-0.25, -0.2) is 0 Å². The van der Waals surface area contributed by atoms with Gasteiger partial charge in [0.05, 0.1) is 6.10 Å². The van der Waals surface area contributed by atoms with Gasteiger partial charge in [0.1, 0.15) is 0 Å². The summed E-state index contributed by atoms with van der Waals surface area (Å²) < 4.78 is 0. The normalized spacial score (nSPS) is 24.3. The van der Waals surface area contributed by atoms with Gasteiger partial charge in [-0.1, -0.05) is 64.7 Å².